The highest BCUT2D eigenvalue weighted by Crippen LogP contribution is 2.37. The van der Waals surface area contributed by atoms with Crippen molar-refractivity contribution in [3.05, 3.63) is 0 Å². The molecule has 0 bridgehead atoms. The molecule has 0 heterocycles. The molecule has 0 aromatic heterocycles. The highest BCUT2D eigenvalue weighted by atomic mass is 14.7. The van der Waals surface area contributed by atoms with E-state index in [9.17, 15) is 0 Å². The summed E-state index contributed by atoms with van der Waals surface area (Å²) in [5, 5.41) is 0. The standard InChI is InChI=1S/C12H25N/c1-4-5-9(2)6-7-11-10(3)8-12(11)13/h9-12H,4-8,13H2,1-3H3. The zero-order valence-corrected chi connectivity index (χ0v) is 9.42. The molecule has 1 aliphatic carbocycles. The number of hydrogen-bond donors (Lipinski definition) is 1. The van der Waals surface area contributed by atoms with Crippen LogP contribution in [0.25, 0.3) is 0 Å². The van der Waals surface area contributed by atoms with Crippen molar-refractivity contribution in [3.8, 4) is 0 Å². The van der Waals surface area contributed by atoms with Gasteiger partial charge in [-0.15, -0.1) is 0 Å². The summed E-state index contributed by atoms with van der Waals surface area (Å²) in [6.07, 6.45) is 6.72. The average molecular weight is 183 g/mol. The molecule has 1 rings (SSSR count). The third-order valence-corrected chi connectivity index (χ3v) is 3.70. The van der Waals surface area contributed by atoms with Gasteiger partial charge in [-0.1, -0.05) is 40.0 Å². The lowest BCUT2D eigenvalue weighted by Crippen LogP contribution is -2.46. The number of rotatable bonds is 5. The van der Waals surface area contributed by atoms with E-state index in [1.54, 1.807) is 0 Å². The van der Waals surface area contributed by atoms with E-state index in [2.05, 4.69) is 20.8 Å². The lowest BCUT2D eigenvalue weighted by atomic mass is 9.68. The van der Waals surface area contributed by atoms with Crippen molar-refractivity contribution in [1.82, 2.24) is 0 Å². The lowest BCUT2D eigenvalue weighted by molar-refractivity contribution is 0.133. The Morgan fingerprint density at radius 3 is 2.54 bits per heavy atom. The highest BCUT2D eigenvalue weighted by molar-refractivity contribution is 4.89. The summed E-state index contributed by atoms with van der Waals surface area (Å²) in [5.41, 5.74) is 5.97. The van der Waals surface area contributed by atoms with E-state index >= 15 is 0 Å². The molecule has 78 valence electrons. The van der Waals surface area contributed by atoms with Gasteiger partial charge in [-0.3, -0.25) is 0 Å². The van der Waals surface area contributed by atoms with Gasteiger partial charge in [0.1, 0.15) is 0 Å². The van der Waals surface area contributed by atoms with E-state index in [0.29, 0.717) is 6.04 Å². The van der Waals surface area contributed by atoms with E-state index < -0.39 is 0 Å². The summed E-state index contributed by atoms with van der Waals surface area (Å²) in [4.78, 5) is 0. The summed E-state index contributed by atoms with van der Waals surface area (Å²) >= 11 is 0. The van der Waals surface area contributed by atoms with Crippen molar-refractivity contribution in [1.29, 1.82) is 0 Å². The molecule has 4 atom stereocenters. The van der Waals surface area contributed by atoms with Gasteiger partial charge in [0.05, 0.1) is 0 Å². The molecule has 0 spiro atoms. The van der Waals surface area contributed by atoms with Gasteiger partial charge in [-0.25, -0.2) is 0 Å². The quantitative estimate of drug-likeness (QED) is 0.696. The maximum Gasteiger partial charge on any atom is 0.00723 e. The molecule has 13 heavy (non-hydrogen) atoms. The number of nitrogens with two attached hydrogens (primary N) is 1. The minimum Gasteiger partial charge on any atom is -0.327 e. The molecule has 1 saturated carbocycles. The Morgan fingerprint density at radius 2 is 2.08 bits per heavy atom. The zero-order valence-electron chi connectivity index (χ0n) is 9.42. The molecule has 0 radical (unpaired) electrons. The third-order valence-electron chi connectivity index (χ3n) is 3.70. The predicted molar refractivity (Wildman–Crippen MR) is 58.6 cm³/mol. The van der Waals surface area contributed by atoms with Gasteiger partial charge < -0.3 is 5.73 Å². The maximum absolute atomic E-state index is 5.97. The van der Waals surface area contributed by atoms with Crippen molar-refractivity contribution in [2.24, 2.45) is 23.5 Å². The summed E-state index contributed by atoms with van der Waals surface area (Å²) in [7, 11) is 0. The van der Waals surface area contributed by atoms with Crippen molar-refractivity contribution < 1.29 is 0 Å². The predicted octanol–water partition coefficient (Wildman–Crippen LogP) is 3.19. The largest absolute Gasteiger partial charge is 0.327 e. The van der Waals surface area contributed by atoms with E-state index in [4.69, 9.17) is 5.73 Å². The molecule has 1 aliphatic rings. The fourth-order valence-electron chi connectivity index (χ4n) is 2.62. The Labute approximate surface area is 83.1 Å². The topological polar surface area (TPSA) is 26.0 Å². The van der Waals surface area contributed by atoms with Crippen LogP contribution >= 0.6 is 0 Å². The molecular weight excluding hydrogens is 158 g/mol. The fraction of sp³-hybridized carbons (Fsp3) is 1.00. The van der Waals surface area contributed by atoms with Crippen molar-refractivity contribution in [2.75, 3.05) is 0 Å². The first kappa shape index (κ1) is 11.0. The molecule has 2 N–H and O–H groups in total. The monoisotopic (exact) mass is 183 g/mol. The molecule has 1 heteroatoms. The first-order valence-electron chi connectivity index (χ1n) is 5.90. The van der Waals surface area contributed by atoms with Crippen LogP contribution in [0.15, 0.2) is 0 Å². The van der Waals surface area contributed by atoms with Crippen molar-refractivity contribution in [3.63, 3.8) is 0 Å². The summed E-state index contributed by atoms with van der Waals surface area (Å²) in [5.74, 6) is 2.63. The van der Waals surface area contributed by atoms with E-state index in [1.165, 1.54) is 32.1 Å². The van der Waals surface area contributed by atoms with Crippen LogP contribution in [-0.4, -0.2) is 6.04 Å². The first-order chi connectivity index (χ1) is 6.15. The number of hydrogen-bond acceptors (Lipinski definition) is 1. The maximum atomic E-state index is 5.97. The van der Waals surface area contributed by atoms with Gasteiger partial charge in [0.15, 0.2) is 0 Å². The lowest BCUT2D eigenvalue weighted by Gasteiger charge is -2.41. The average Bonchev–Trinajstić information content (AvgIpc) is 2.04. The van der Waals surface area contributed by atoms with Crippen LogP contribution in [0.3, 0.4) is 0 Å². The fourth-order valence-corrected chi connectivity index (χ4v) is 2.62. The molecule has 0 aliphatic heterocycles. The summed E-state index contributed by atoms with van der Waals surface area (Å²) in [6, 6.07) is 0.517. The van der Waals surface area contributed by atoms with E-state index in [1.807, 2.05) is 0 Å². The van der Waals surface area contributed by atoms with Crippen molar-refractivity contribution in [2.45, 2.75) is 58.9 Å². The van der Waals surface area contributed by atoms with Gasteiger partial charge in [-0.2, -0.15) is 0 Å². The van der Waals surface area contributed by atoms with Crippen LogP contribution in [0, 0.1) is 17.8 Å². The SMILES string of the molecule is CCCC(C)CCC1C(C)CC1N. The Bertz CT molecular complexity index is 136. The van der Waals surface area contributed by atoms with Gasteiger partial charge in [0.2, 0.25) is 0 Å². The van der Waals surface area contributed by atoms with Crippen LogP contribution in [0.2, 0.25) is 0 Å². The molecule has 0 amide bonds. The van der Waals surface area contributed by atoms with Gasteiger partial charge in [-0.05, 0) is 30.6 Å². The minimum atomic E-state index is 0.517. The van der Waals surface area contributed by atoms with E-state index in [-0.39, 0.29) is 0 Å². The second kappa shape index (κ2) is 4.99. The van der Waals surface area contributed by atoms with Crippen LogP contribution in [0.1, 0.15) is 52.9 Å². The van der Waals surface area contributed by atoms with Gasteiger partial charge in [0, 0.05) is 6.04 Å². The molecule has 1 fully saturated rings. The Morgan fingerprint density at radius 1 is 1.38 bits per heavy atom. The minimum absolute atomic E-state index is 0.517. The smallest absolute Gasteiger partial charge is 0.00723 e. The molecule has 0 aromatic rings. The highest BCUT2D eigenvalue weighted by Gasteiger charge is 2.34. The van der Waals surface area contributed by atoms with Crippen LogP contribution in [0.5, 0.6) is 0 Å². The van der Waals surface area contributed by atoms with Crippen molar-refractivity contribution >= 4 is 0 Å². The Kier molecular flexibility index (Phi) is 4.24. The van der Waals surface area contributed by atoms with Crippen LogP contribution < -0.4 is 5.73 Å². The normalized spacial score (nSPS) is 35.5. The summed E-state index contributed by atoms with van der Waals surface area (Å²) in [6.45, 7) is 6.99. The molecule has 0 aromatic carbocycles. The van der Waals surface area contributed by atoms with E-state index in [0.717, 1.165) is 17.8 Å². The Hall–Kier alpha value is -0.0400. The molecule has 1 nitrogen and oxygen atoms in total. The molecule has 0 saturated heterocycles. The zero-order chi connectivity index (χ0) is 9.84. The molecule has 4 unspecified atom stereocenters. The molecular formula is C12H25N. The van der Waals surface area contributed by atoms with Gasteiger partial charge in [0.25, 0.3) is 0 Å². The second-order valence-corrected chi connectivity index (χ2v) is 5.01. The third kappa shape index (κ3) is 2.98. The van der Waals surface area contributed by atoms with Crippen LogP contribution in [0.4, 0.5) is 0 Å². The first-order valence-corrected chi connectivity index (χ1v) is 5.90. The Balaban J connectivity index is 2.11. The second-order valence-electron chi connectivity index (χ2n) is 5.01. The van der Waals surface area contributed by atoms with Crippen LogP contribution in [-0.2, 0) is 0 Å². The van der Waals surface area contributed by atoms with Gasteiger partial charge >= 0.3 is 0 Å². The summed E-state index contributed by atoms with van der Waals surface area (Å²) < 4.78 is 0.